The van der Waals surface area contributed by atoms with E-state index >= 15 is 0 Å². The summed E-state index contributed by atoms with van der Waals surface area (Å²) in [5, 5.41) is 13.1. The minimum atomic E-state index is -0.218. The first-order valence-corrected chi connectivity index (χ1v) is 14.2. The molecule has 0 radical (unpaired) electrons. The van der Waals surface area contributed by atoms with Gasteiger partial charge in [-0.2, -0.15) is 0 Å². The SMILES string of the molecule is CCCCCCCOc1ccccc1C(=O)Nc1ccc(C(=O)NC2CC[N+](C)(CCC)CC2)cc1.CO. The zero-order valence-electron chi connectivity index (χ0n) is 23.8. The number of piperidine rings is 1. The number of ether oxygens (including phenoxy) is 1. The molecule has 7 heteroatoms. The Kier molecular flexibility index (Phi) is 13.9. The second kappa shape index (κ2) is 16.8. The van der Waals surface area contributed by atoms with Gasteiger partial charge in [0.2, 0.25) is 0 Å². The number of amides is 2. The molecule has 0 spiro atoms. The predicted molar refractivity (Wildman–Crippen MR) is 155 cm³/mol. The lowest BCUT2D eigenvalue weighted by Crippen LogP contribution is -2.54. The molecule has 0 aliphatic carbocycles. The molecule has 3 N–H and O–H groups in total. The summed E-state index contributed by atoms with van der Waals surface area (Å²) in [5.74, 6) is 0.328. The fourth-order valence-corrected chi connectivity index (χ4v) is 4.94. The molecule has 1 fully saturated rings. The standard InChI is InChI=1S/C30H43N3O3.CH4O/c1-4-6-7-8-11-23-36-28-13-10-9-12-27(28)30(35)32-25-16-14-24(15-17-25)29(34)31-26-18-21-33(3,20-5-2)22-19-26;1-2/h9-10,12-17,26H,4-8,11,18-23H2,1-3H3,(H-,31,32,34,35);2H,1H3/p+1. The summed E-state index contributed by atoms with van der Waals surface area (Å²) in [5.41, 5.74) is 1.77. The number of nitrogens with zero attached hydrogens (tertiary/aromatic N) is 1. The molecule has 2 amide bonds. The van der Waals surface area contributed by atoms with E-state index in [9.17, 15) is 9.59 Å². The van der Waals surface area contributed by atoms with Crippen molar-refractivity contribution >= 4 is 17.5 Å². The lowest BCUT2D eigenvalue weighted by atomic mass is 10.0. The van der Waals surface area contributed by atoms with Crippen LogP contribution >= 0.6 is 0 Å². The van der Waals surface area contributed by atoms with Gasteiger partial charge in [0.25, 0.3) is 11.8 Å². The molecular weight excluding hydrogens is 478 g/mol. The summed E-state index contributed by atoms with van der Waals surface area (Å²) in [6.07, 6.45) is 9.01. The molecule has 2 aromatic rings. The molecule has 0 unspecified atom stereocenters. The number of quaternary nitrogens is 1. The number of carbonyl (C=O) groups excluding carboxylic acids is 2. The van der Waals surface area contributed by atoms with E-state index in [2.05, 4.69) is 31.5 Å². The third-order valence-corrected chi connectivity index (χ3v) is 7.18. The number of unbranched alkanes of at least 4 members (excludes halogenated alkanes) is 4. The van der Waals surface area contributed by atoms with Crippen LogP contribution in [-0.2, 0) is 0 Å². The molecule has 210 valence electrons. The van der Waals surface area contributed by atoms with Crippen molar-refractivity contribution in [2.24, 2.45) is 0 Å². The lowest BCUT2D eigenvalue weighted by Gasteiger charge is -2.40. The van der Waals surface area contributed by atoms with E-state index in [1.807, 2.05) is 18.2 Å². The molecule has 0 saturated carbocycles. The van der Waals surface area contributed by atoms with Crippen LogP contribution in [0.5, 0.6) is 5.75 Å². The molecule has 1 saturated heterocycles. The number of benzene rings is 2. The van der Waals surface area contributed by atoms with Gasteiger partial charge in [0.15, 0.2) is 0 Å². The van der Waals surface area contributed by atoms with E-state index in [0.29, 0.717) is 29.2 Å². The summed E-state index contributed by atoms with van der Waals surface area (Å²) in [7, 11) is 3.31. The minimum Gasteiger partial charge on any atom is -0.493 e. The number of para-hydroxylation sites is 1. The van der Waals surface area contributed by atoms with Gasteiger partial charge in [0.1, 0.15) is 5.75 Å². The van der Waals surface area contributed by atoms with Crippen molar-refractivity contribution in [3.8, 4) is 5.75 Å². The van der Waals surface area contributed by atoms with Crippen LogP contribution in [0.15, 0.2) is 48.5 Å². The van der Waals surface area contributed by atoms with Crippen molar-refractivity contribution in [2.45, 2.75) is 71.3 Å². The summed E-state index contributed by atoms with van der Waals surface area (Å²) in [6.45, 7) is 8.44. The maximum Gasteiger partial charge on any atom is 0.259 e. The van der Waals surface area contributed by atoms with Crippen molar-refractivity contribution in [2.75, 3.05) is 45.7 Å². The summed E-state index contributed by atoms with van der Waals surface area (Å²) in [4.78, 5) is 25.7. The van der Waals surface area contributed by atoms with Gasteiger partial charge in [-0.25, -0.2) is 0 Å². The number of anilines is 1. The fraction of sp³-hybridized carbons (Fsp3) is 0.548. The van der Waals surface area contributed by atoms with Gasteiger partial charge in [-0.05, 0) is 49.2 Å². The topological polar surface area (TPSA) is 87.7 Å². The van der Waals surface area contributed by atoms with Crippen LogP contribution in [0.25, 0.3) is 0 Å². The molecule has 0 atom stereocenters. The van der Waals surface area contributed by atoms with E-state index in [0.717, 1.165) is 50.4 Å². The van der Waals surface area contributed by atoms with Crippen LogP contribution in [-0.4, -0.2) is 67.8 Å². The average molecular weight is 527 g/mol. The highest BCUT2D eigenvalue weighted by Crippen LogP contribution is 2.21. The predicted octanol–water partition coefficient (Wildman–Crippen LogP) is 5.65. The fourth-order valence-electron chi connectivity index (χ4n) is 4.94. The first kappa shape index (κ1) is 31.3. The Hall–Kier alpha value is -2.90. The van der Waals surface area contributed by atoms with Crippen LogP contribution < -0.4 is 15.4 Å². The average Bonchev–Trinajstić information content (AvgIpc) is 2.94. The van der Waals surface area contributed by atoms with Gasteiger partial charge in [-0.15, -0.1) is 0 Å². The Morgan fingerprint density at radius 1 is 0.895 bits per heavy atom. The molecule has 1 aliphatic heterocycles. The maximum absolute atomic E-state index is 12.9. The number of hydrogen-bond acceptors (Lipinski definition) is 4. The normalized spacial score (nSPS) is 18.6. The second-order valence-corrected chi connectivity index (χ2v) is 10.3. The number of nitrogens with one attached hydrogen (secondary N) is 2. The van der Waals surface area contributed by atoms with Crippen LogP contribution in [0, 0.1) is 0 Å². The highest BCUT2D eigenvalue weighted by atomic mass is 16.5. The Labute approximate surface area is 229 Å². The second-order valence-electron chi connectivity index (χ2n) is 10.3. The minimum absolute atomic E-state index is 0.0536. The van der Waals surface area contributed by atoms with Gasteiger partial charge >= 0.3 is 0 Å². The number of aliphatic hydroxyl groups is 1. The van der Waals surface area contributed by atoms with E-state index in [1.54, 1.807) is 30.3 Å². The van der Waals surface area contributed by atoms with Crippen LogP contribution in [0.3, 0.4) is 0 Å². The van der Waals surface area contributed by atoms with E-state index in [1.165, 1.54) is 32.2 Å². The summed E-state index contributed by atoms with van der Waals surface area (Å²) in [6, 6.07) is 14.6. The van der Waals surface area contributed by atoms with Gasteiger partial charge in [0, 0.05) is 37.2 Å². The largest absolute Gasteiger partial charge is 0.493 e. The van der Waals surface area contributed by atoms with Gasteiger partial charge in [-0.3, -0.25) is 9.59 Å². The Balaban J connectivity index is 0.00000247. The molecular formula is C31H48N3O4+. The molecule has 1 aliphatic rings. The van der Waals surface area contributed by atoms with Crippen molar-refractivity contribution in [1.29, 1.82) is 0 Å². The molecule has 38 heavy (non-hydrogen) atoms. The number of likely N-dealkylation sites (tertiary alicyclic amines) is 1. The van der Waals surface area contributed by atoms with Crippen LogP contribution in [0.4, 0.5) is 5.69 Å². The number of carbonyl (C=O) groups is 2. The third kappa shape index (κ3) is 10.1. The lowest BCUT2D eigenvalue weighted by molar-refractivity contribution is -0.914. The van der Waals surface area contributed by atoms with Crippen molar-refractivity contribution in [3.05, 3.63) is 59.7 Å². The van der Waals surface area contributed by atoms with Gasteiger partial charge < -0.3 is 25.0 Å². The van der Waals surface area contributed by atoms with E-state index in [4.69, 9.17) is 9.84 Å². The van der Waals surface area contributed by atoms with Crippen molar-refractivity contribution in [1.82, 2.24) is 5.32 Å². The number of rotatable bonds is 13. The highest BCUT2D eigenvalue weighted by molar-refractivity contribution is 6.06. The van der Waals surface area contributed by atoms with Gasteiger partial charge in [0.05, 0.1) is 38.9 Å². The molecule has 3 rings (SSSR count). The molecule has 7 nitrogen and oxygen atoms in total. The van der Waals surface area contributed by atoms with E-state index < -0.39 is 0 Å². The van der Waals surface area contributed by atoms with Crippen molar-refractivity contribution < 1.29 is 23.9 Å². The Morgan fingerprint density at radius 2 is 1.55 bits per heavy atom. The molecule has 2 aromatic carbocycles. The smallest absolute Gasteiger partial charge is 0.259 e. The quantitative estimate of drug-likeness (QED) is 0.233. The highest BCUT2D eigenvalue weighted by Gasteiger charge is 2.30. The first-order valence-electron chi connectivity index (χ1n) is 14.2. The Morgan fingerprint density at radius 3 is 2.21 bits per heavy atom. The molecule has 1 heterocycles. The monoisotopic (exact) mass is 526 g/mol. The first-order chi connectivity index (χ1) is 18.4. The van der Waals surface area contributed by atoms with Crippen molar-refractivity contribution in [3.63, 3.8) is 0 Å². The zero-order valence-corrected chi connectivity index (χ0v) is 23.8. The maximum atomic E-state index is 12.9. The van der Waals surface area contributed by atoms with Crippen LogP contribution in [0.1, 0.15) is 85.9 Å². The number of hydrogen-bond donors (Lipinski definition) is 3. The molecule has 0 aromatic heterocycles. The van der Waals surface area contributed by atoms with E-state index in [-0.39, 0.29) is 17.9 Å². The Bertz CT molecular complexity index is 969. The zero-order chi connectivity index (χ0) is 27.8. The van der Waals surface area contributed by atoms with Crippen LogP contribution in [0.2, 0.25) is 0 Å². The summed E-state index contributed by atoms with van der Waals surface area (Å²) >= 11 is 0. The third-order valence-electron chi connectivity index (χ3n) is 7.18. The van der Waals surface area contributed by atoms with Gasteiger partial charge in [-0.1, -0.05) is 51.7 Å². The molecule has 0 bridgehead atoms. The number of aliphatic hydroxyl groups excluding tert-OH is 1. The summed E-state index contributed by atoms with van der Waals surface area (Å²) < 4.78 is 7.01.